The van der Waals surface area contributed by atoms with E-state index in [4.69, 9.17) is 16.3 Å². The second-order valence-electron chi connectivity index (χ2n) is 6.69. The van der Waals surface area contributed by atoms with Crippen molar-refractivity contribution in [2.24, 2.45) is 4.99 Å². The first-order valence-corrected chi connectivity index (χ1v) is 10.2. The van der Waals surface area contributed by atoms with Crippen molar-refractivity contribution in [2.75, 3.05) is 7.11 Å². The van der Waals surface area contributed by atoms with E-state index in [1.807, 2.05) is 30.3 Å². The van der Waals surface area contributed by atoms with Crippen molar-refractivity contribution < 1.29 is 14.6 Å². The lowest BCUT2D eigenvalue weighted by Crippen LogP contribution is -2.39. The lowest BCUT2D eigenvalue weighted by Gasteiger charge is -2.24. The number of esters is 1. The molecule has 4 rings (SSSR count). The highest BCUT2D eigenvalue weighted by atomic mass is 35.5. The Morgan fingerprint density at radius 1 is 1.27 bits per heavy atom. The van der Waals surface area contributed by atoms with E-state index in [1.54, 1.807) is 25.1 Å². The summed E-state index contributed by atoms with van der Waals surface area (Å²) in [6, 6.07) is 13.2. The van der Waals surface area contributed by atoms with Crippen molar-refractivity contribution in [3.05, 3.63) is 95.6 Å². The molecule has 0 bridgehead atoms. The lowest BCUT2D eigenvalue weighted by atomic mass is 9.96. The molecule has 3 aromatic rings. The molecule has 0 saturated carbocycles. The summed E-state index contributed by atoms with van der Waals surface area (Å²) in [5, 5.41) is 10.6. The van der Waals surface area contributed by atoms with E-state index < -0.39 is 12.0 Å². The summed E-state index contributed by atoms with van der Waals surface area (Å²) in [6.45, 7) is 1.72. The van der Waals surface area contributed by atoms with Crippen molar-refractivity contribution in [2.45, 2.75) is 13.0 Å². The number of hydrogen-bond donors (Lipinski definition) is 1. The average molecular weight is 441 g/mol. The number of rotatable bonds is 3. The molecule has 8 heteroatoms. The Labute approximate surface area is 180 Å². The molecule has 0 aliphatic carbocycles. The van der Waals surface area contributed by atoms with Gasteiger partial charge in [0.05, 0.1) is 29.0 Å². The topological polar surface area (TPSA) is 80.9 Å². The molecule has 0 unspecified atom stereocenters. The monoisotopic (exact) mass is 440 g/mol. The number of ether oxygens (including phenoxy) is 1. The minimum absolute atomic E-state index is 0.0104. The van der Waals surface area contributed by atoms with Gasteiger partial charge < -0.3 is 9.84 Å². The molecule has 2 aromatic carbocycles. The molecule has 0 spiro atoms. The second kappa shape index (κ2) is 7.93. The molecule has 1 N–H and O–H groups in total. The van der Waals surface area contributed by atoms with Crippen molar-refractivity contribution in [3.63, 3.8) is 0 Å². The Morgan fingerprint density at radius 3 is 2.70 bits per heavy atom. The standard InChI is InChI=1S/C22H17ClN2O4S/c1-12-18(21(28)29-2)19(13-6-4-3-5-7-13)25-20(27)17(30-22(25)24-12)11-14-10-15(23)8-9-16(14)26/h3-11,19,26H,1-2H3/b17-11-/t19-/m1/s1. The van der Waals surface area contributed by atoms with E-state index in [0.29, 0.717) is 31.2 Å². The molecule has 152 valence electrons. The molecule has 6 nitrogen and oxygen atoms in total. The van der Waals surface area contributed by atoms with E-state index in [1.165, 1.54) is 29.1 Å². The molecule has 1 atom stereocenters. The number of halogens is 1. The summed E-state index contributed by atoms with van der Waals surface area (Å²) in [7, 11) is 1.30. The number of allylic oxidation sites excluding steroid dienone is 1. The van der Waals surface area contributed by atoms with Gasteiger partial charge in [0.15, 0.2) is 4.80 Å². The highest BCUT2D eigenvalue weighted by Gasteiger charge is 2.32. The number of fused-ring (bicyclic) bond motifs is 1. The first-order chi connectivity index (χ1) is 14.4. The molecular formula is C22H17ClN2O4S. The summed E-state index contributed by atoms with van der Waals surface area (Å²) < 4.78 is 6.83. The second-order valence-corrected chi connectivity index (χ2v) is 8.13. The highest BCUT2D eigenvalue weighted by molar-refractivity contribution is 7.07. The zero-order chi connectivity index (χ0) is 21.4. The first-order valence-electron chi connectivity index (χ1n) is 9.05. The van der Waals surface area contributed by atoms with Crippen LogP contribution in [0.5, 0.6) is 5.75 Å². The van der Waals surface area contributed by atoms with Gasteiger partial charge in [-0.25, -0.2) is 9.79 Å². The van der Waals surface area contributed by atoms with Crippen LogP contribution in [0.2, 0.25) is 5.02 Å². The van der Waals surface area contributed by atoms with E-state index in [-0.39, 0.29) is 11.3 Å². The van der Waals surface area contributed by atoms with Crippen LogP contribution in [0, 0.1) is 0 Å². The van der Waals surface area contributed by atoms with Crippen molar-refractivity contribution in [3.8, 4) is 5.75 Å². The number of hydrogen-bond acceptors (Lipinski definition) is 6. The quantitative estimate of drug-likeness (QED) is 0.635. The largest absolute Gasteiger partial charge is 0.507 e. The minimum atomic E-state index is -0.662. The molecule has 30 heavy (non-hydrogen) atoms. The minimum Gasteiger partial charge on any atom is -0.507 e. The Bertz CT molecular complexity index is 1360. The number of thiazole rings is 1. The summed E-state index contributed by atoms with van der Waals surface area (Å²) in [4.78, 5) is 30.9. The fourth-order valence-electron chi connectivity index (χ4n) is 3.43. The van der Waals surface area contributed by atoms with Crippen LogP contribution in [0.15, 0.2) is 69.6 Å². The summed E-state index contributed by atoms with van der Waals surface area (Å²) in [5.74, 6) is -0.525. The number of carbonyl (C=O) groups excluding carboxylic acids is 1. The number of carbonyl (C=O) groups is 1. The Balaban J connectivity index is 2.00. The third kappa shape index (κ3) is 3.46. The van der Waals surface area contributed by atoms with Gasteiger partial charge in [-0.2, -0.15) is 0 Å². The van der Waals surface area contributed by atoms with Crippen LogP contribution in [-0.4, -0.2) is 22.8 Å². The van der Waals surface area contributed by atoms with Crippen LogP contribution in [-0.2, 0) is 9.53 Å². The van der Waals surface area contributed by atoms with Gasteiger partial charge in [0.25, 0.3) is 5.56 Å². The molecular weight excluding hydrogens is 424 g/mol. The number of nitrogens with zero attached hydrogens (tertiary/aromatic N) is 2. The molecule has 1 aliphatic rings. The van der Waals surface area contributed by atoms with Gasteiger partial charge in [-0.3, -0.25) is 9.36 Å². The average Bonchev–Trinajstić information content (AvgIpc) is 3.04. The van der Waals surface area contributed by atoms with Crippen LogP contribution < -0.4 is 14.9 Å². The number of aromatic hydroxyl groups is 1. The SMILES string of the molecule is COC(=O)C1=C(C)N=c2s/c(=C\c3cc(Cl)ccc3O)c(=O)n2[C@@H]1c1ccccc1. The molecule has 0 amide bonds. The Hall–Kier alpha value is -3.16. The number of methoxy groups -OCH3 is 1. The first kappa shape index (κ1) is 20.1. The fourth-order valence-corrected chi connectivity index (χ4v) is 4.64. The fraction of sp³-hybridized carbons (Fsp3) is 0.136. The van der Waals surface area contributed by atoms with Crippen molar-refractivity contribution in [1.29, 1.82) is 0 Å². The highest BCUT2D eigenvalue weighted by Crippen LogP contribution is 2.30. The van der Waals surface area contributed by atoms with Gasteiger partial charge in [-0.05, 0) is 36.8 Å². The third-order valence-electron chi connectivity index (χ3n) is 4.82. The smallest absolute Gasteiger partial charge is 0.338 e. The van der Waals surface area contributed by atoms with E-state index >= 15 is 0 Å². The molecule has 2 heterocycles. The van der Waals surface area contributed by atoms with Crippen LogP contribution >= 0.6 is 22.9 Å². The van der Waals surface area contributed by atoms with Gasteiger partial charge in [-0.15, -0.1) is 0 Å². The maximum atomic E-state index is 13.4. The summed E-state index contributed by atoms with van der Waals surface area (Å²) >= 11 is 7.21. The van der Waals surface area contributed by atoms with Gasteiger partial charge in [0.2, 0.25) is 0 Å². The maximum Gasteiger partial charge on any atom is 0.338 e. The van der Waals surface area contributed by atoms with E-state index in [0.717, 1.165) is 5.56 Å². The van der Waals surface area contributed by atoms with Gasteiger partial charge in [0, 0.05) is 10.6 Å². The molecule has 1 aliphatic heterocycles. The molecule has 0 radical (unpaired) electrons. The summed E-state index contributed by atoms with van der Waals surface area (Å²) in [6.07, 6.45) is 1.57. The van der Waals surface area contributed by atoms with Gasteiger partial charge in [0.1, 0.15) is 5.75 Å². The van der Waals surface area contributed by atoms with E-state index in [9.17, 15) is 14.7 Å². The maximum absolute atomic E-state index is 13.4. The van der Waals surface area contributed by atoms with Crippen LogP contribution in [0.1, 0.15) is 24.1 Å². The zero-order valence-electron chi connectivity index (χ0n) is 16.1. The number of phenols is 1. The Kier molecular flexibility index (Phi) is 5.32. The predicted molar refractivity (Wildman–Crippen MR) is 115 cm³/mol. The zero-order valence-corrected chi connectivity index (χ0v) is 17.7. The Morgan fingerprint density at radius 2 is 2.00 bits per heavy atom. The lowest BCUT2D eigenvalue weighted by molar-refractivity contribution is -0.136. The van der Waals surface area contributed by atoms with Crippen molar-refractivity contribution in [1.82, 2.24) is 4.57 Å². The molecule has 0 fully saturated rings. The van der Waals surface area contributed by atoms with Crippen LogP contribution in [0.4, 0.5) is 0 Å². The van der Waals surface area contributed by atoms with Crippen LogP contribution in [0.3, 0.4) is 0 Å². The third-order valence-corrected chi connectivity index (χ3v) is 6.04. The number of benzene rings is 2. The van der Waals surface area contributed by atoms with Gasteiger partial charge in [-0.1, -0.05) is 53.3 Å². The van der Waals surface area contributed by atoms with Crippen LogP contribution in [0.25, 0.3) is 6.08 Å². The molecule has 1 aromatic heterocycles. The summed E-state index contributed by atoms with van der Waals surface area (Å²) in [5.41, 5.74) is 1.68. The van der Waals surface area contributed by atoms with E-state index in [2.05, 4.69) is 4.99 Å². The number of aromatic nitrogens is 1. The van der Waals surface area contributed by atoms with Crippen molar-refractivity contribution >= 4 is 35.0 Å². The molecule has 0 saturated heterocycles. The number of phenolic OH excluding ortho intramolecular Hbond substituents is 1. The normalized spacial score (nSPS) is 16.2. The predicted octanol–water partition coefficient (Wildman–Crippen LogP) is 2.77. The van der Waals surface area contributed by atoms with Gasteiger partial charge >= 0.3 is 5.97 Å².